The number of rotatable bonds is 6. The quantitative estimate of drug-likeness (QED) is 0.553. The molecule has 2 nitrogen and oxygen atoms in total. The lowest BCUT2D eigenvalue weighted by Crippen LogP contribution is -1.80. The highest BCUT2D eigenvalue weighted by molar-refractivity contribution is 7.12. The van der Waals surface area contributed by atoms with E-state index >= 15 is 0 Å². The summed E-state index contributed by atoms with van der Waals surface area (Å²) in [7, 11) is 0. The van der Waals surface area contributed by atoms with E-state index in [1.807, 2.05) is 18.2 Å². The first-order valence-electron chi connectivity index (χ1n) is 5.90. The van der Waals surface area contributed by atoms with Crippen LogP contribution in [0.2, 0.25) is 0 Å². The molecule has 0 aliphatic carbocycles. The van der Waals surface area contributed by atoms with Crippen LogP contribution in [0.15, 0.2) is 17.7 Å². The first kappa shape index (κ1) is 13.5. The first-order chi connectivity index (χ1) is 8.30. The molecular formula is C14H16N2S. The van der Waals surface area contributed by atoms with Crippen molar-refractivity contribution in [3.63, 3.8) is 0 Å². The normalized spacial score (nSPS) is 9.35. The molecule has 1 heterocycles. The standard InChI is InChI=1S/C14H16N2S/c1-2-3-4-5-6-13-7-8-14(17-13)9-12(10-15)11-16/h7-9H,2-6H2,1H3. The minimum absolute atomic E-state index is 0.171. The number of thiophene rings is 1. The van der Waals surface area contributed by atoms with Crippen molar-refractivity contribution in [2.75, 3.05) is 0 Å². The predicted octanol–water partition coefficient (Wildman–Crippen LogP) is 4.30. The SMILES string of the molecule is CCCCCCc1ccc(C=C(C#N)C#N)s1. The Morgan fingerprint density at radius 3 is 2.65 bits per heavy atom. The van der Waals surface area contributed by atoms with E-state index in [0.29, 0.717) is 0 Å². The molecule has 0 fully saturated rings. The predicted molar refractivity (Wildman–Crippen MR) is 71.4 cm³/mol. The Kier molecular flexibility index (Phi) is 6.07. The summed E-state index contributed by atoms with van der Waals surface area (Å²) in [5.41, 5.74) is 0.171. The molecule has 1 aromatic heterocycles. The molecule has 1 rings (SSSR count). The summed E-state index contributed by atoms with van der Waals surface area (Å²) in [5.74, 6) is 0. The van der Waals surface area contributed by atoms with Gasteiger partial charge in [0, 0.05) is 9.75 Å². The van der Waals surface area contributed by atoms with Gasteiger partial charge >= 0.3 is 0 Å². The molecule has 0 radical (unpaired) electrons. The van der Waals surface area contributed by atoms with E-state index in [1.165, 1.54) is 30.6 Å². The van der Waals surface area contributed by atoms with Crippen LogP contribution in [0.25, 0.3) is 6.08 Å². The fourth-order valence-electron chi connectivity index (χ4n) is 1.56. The third-order valence-corrected chi connectivity index (χ3v) is 3.58. The van der Waals surface area contributed by atoms with Crippen molar-refractivity contribution in [2.24, 2.45) is 0 Å². The van der Waals surface area contributed by atoms with Gasteiger partial charge in [0.2, 0.25) is 0 Å². The van der Waals surface area contributed by atoms with Crippen LogP contribution >= 0.6 is 11.3 Å². The van der Waals surface area contributed by atoms with E-state index in [1.54, 1.807) is 17.4 Å². The van der Waals surface area contributed by atoms with Crippen LogP contribution in [0.3, 0.4) is 0 Å². The van der Waals surface area contributed by atoms with E-state index in [2.05, 4.69) is 13.0 Å². The molecule has 0 N–H and O–H groups in total. The number of nitrogens with zero attached hydrogens (tertiary/aromatic N) is 2. The zero-order chi connectivity index (χ0) is 12.5. The minimum Gasteiger partial charge on any atom is -0.192 e. The van der Waals surface area contributed by atoms with Gasteiger partial charge in [0.1, 0.15) is 17.7 Å². The Bertz CT molecular complexity index is 441. The van der Waals surface area contributed by atoms with E-state index in [0.717, 1.165) is 11.3 Å². The molecule has 88 valence electrons. The molecular weight excluding hydrogens is 228 g/mol. The van der Waals surface area contributed by atoms with Crippen LogP contribution in [-0.2, 0) is 6.42 Å². The van der Waals surface area contributed by atoms with Crippen LogP contribution < -0.4 is 0 Å². The Balaban J connectivity index is 2.52. The summed E-state index contributed by atoms with van der Waals surface area (Å²) in [6.07, 6.45) is 7.81. The number of aryl methyl sites for hydroxylation is 1. The second kappa shape index (κ2) is 7.65. The van der Waals surface area contributed by atoms with Crippen molar-refractivity contribution in [3.8, 4) is 12.1 Å². The van der Waals surface area contributed by atoms with Crippen LogP contribution in [0, 0.1) is 22.7 Å². The third kappa shape index (κ3) is 4.85. The van der Waals surface area contributed by atoms with Crippen molar-refractivity contribution >= 4 is 17.4 Å². The lowest BCUT2D eigenvalue weighted by atomic mass is 10.1. The molecule has 0 unspecified atom stereocenters. The summed E-state index contributed by atoms with van der Waals surface area (Å²) in [6.45, 7) is 2.21. The Labute approximate surface area is 107 Å². The topological polar surface area (TPSA) is 47.6 Å². The Morgan fingerprint density at radius 2 is 2.00 bits per heavy atom. The van der Waals surface area contributed by atoms with E-state index in [-0.39, 0.29) is 5.57 Å². The number of hydrogen-bond acceptors (Lipinski definition) is 3. The summed E-state index contributed by atoms with van der Waals surface area (Å²) in [5, 5.41) is 17.3. The van der Waals surface area contributed by atoms with Gasteiger partial charge < -0.3 is 0 Å². The molecule has 0 aliphatic rings. The molecule has 17 heavy (non-hydrogen) atoms. The zero-order valence-corrected chi connectivity index (χ0v) is 10.9. The van der Waals surface area contributed by atoms with Crippen molar-refractivity contribution in [1.29, 1.82) is 10.5 Å². The maximum absolute atomic E-state index is 8.66. The molecule has 1 aromatic rings. The maximum atomic E-state index is 8.66. The highest BCUT2D eigenvalue weighted by Gasteiger charge is 2.00. The molecule has 0 amide bonds. The summed E-state index contributed by atoms with van der Waals surface area (Å²) < 4.78 is 0. The average Bonchev–Trinajstić information content (AvgIpc) is 2.79. The third-order valence-electron chi connectivity index (χ3n) is 2.49. The molecule has 0 bridgehead atoms. The number of allylic oxidation sites excluding steroid dienone is 1. The van der Waals surface area contributed by atoms with Gasteiger partial charge in [-0.3, -0.25) is 0 Å². The van der Waals surface area contributed by atoms with Gasteiger partial charge in [-0.2, -0.15) is 10.5 Å². The highest BCUT2D eigenvalue weighted by Crippen LogP contribution is 2.21. The monoisotopic (exact) mass is 244 g/mol. The smallest absolute Gasteiger partial charge is 0.131 e. The Hall–Kier alpha value is -1.58. The molecule has 0 saturated carbocycles. The van der Waals surface area contributed by atoms with Crippen molar-refractivity contribution in [1.82, 2.24) is 0 Å². The largest absolute Gasteiger partial charge is 0.192 e. The first-order valence-corrected chi connectivity index (χ1v) is 6.72. The van der Waals surface area contributed by atoms with E-state index < -0.39 is 0 Å². The molecule has 0 aromatic carbocycles. The summed E-state index contributed by atoms with van der Waals surface area (Å²) in [4.78, 5) is 2.33. The average molecular weight is 244 g/mol. The van der Waals surface area contributed by atoms with Gasteiger partial charge in [0.15, 0.2) is 0 Å². The van der Waals surface area contributed by atoms with Gasteiger partial charge in [-0.05, 0) is 31.1 Å². The van der Waals surface area contributed by atoms with Crippen molar-refractivity contribution in [2.45, 2.75) is 39.0 Å². The zero-order valence-electron chi connectivity index (χ0n) is 10.1. The molecule has 0 saturated heterocycles. The van der Waals surface area contributed by atoms with Crippen molar-refractivity contribution in [3.05, 3.63) is 27.5 Å². The number of nitriles is 2. The van der Waals surface area contributed by atoms with E-state index in [4.69, 9.17) is 10.5 Å². The van der Waals surface area contributed by atoms with Crippen LogP contribution in [0.1, 0.15) is 42.4 Å². The van der Waals surface area contributed by atoms with E-state index in [9.17, 15) is 0 Å². The Morgan fingerprint density at radius 1 is 1.24 bits per heavy atom. The fraction of sp³-hybridized carbons (Fsp3) is 0.429. The number of unbranched alkanes of at least 4 members (excludes halogenated alkanes) is 3. The summed E-state index contributed by atoms with van der Waals surface area (Å²) in [6, 6.07) is 7.82. The van der Waals surface area contributed by atoms with Gasteiger partial charge in [-0.25, -0.2) is 0 Å². The molecule has 0 atom stereocenters. The minimum atomic E-state index is 0.171. The van der Waals surface area contributed by atoms with Crippen LogP contribution in [-0.4, -0.2) is 0 Å². The second-order valence-electron chi connectivity index (χ2n) is 3.90. The fourth-order valence-corrected chi connectivity index (χ4v) is 2.56. The second-order valence-corrected chi connectivity index (χ2v) is 5.10. The van der Waals surface area contributed by atoms with Crippen molar-refractivity contribution < 1.29 is 0 Å². The molecule has 3 heteroatoms. The molecule has 0 aliphatic heterocycles. The van der Waals surface area contributed by atoms with Gasteiger partial charge in [-0.1, -0.05) is 26.2 Å². The van der Waals surface area contributed by atoms with Gasteiger partial charge in [0.25, 0.3) is 0 Å². The molecule has 0 spiro atoms. The maximum Gasteiger partial charge on any atom is 0.131 e. The lowest BCUT2D eigenvalue weighted by Gasteiger charge is -1.96. The van der Waals surface area contributed by atoms with Gasteiger partial charge in [-0.15, -0.1) is 11.3 Å². The van der Waals surface area contributed by atoms with Crippen LogP contribution in [0.4, 0.5) is 0 Å². The lowest BCUT2D eigenvalue weighted by molar-refractivity contribution is 0.670. The highest BCUT2D eigenvalue weighted by atomic mass is 32.1. The van der Waals surface area contributed by atoms with Gasteiger partial charge in [0.05, 0.1) is 0 Å². The number of hydrogen-bond donors (Lipinski definition) is 0. The van der Waals surface area contributed by atoms with Crippen LogP contribution in [0.5, 0.6) is 0 Å². The summed E-state index contributed by atoms with van der Waals surface area (Å²) >= 11 is 1.67.